The van der Waals surface area contributed by atoms with Crippen molar-refractivity contribution in [1.29, 1.82) is 0 Å². The van der Waals surface area contributed by atoms with Crippen molar-refractivity contribution >= 4 is 17.7 Å². The molecule has 0 unspecified atom stereocenters. The van der Waals surface area contributed by atoms with Crippen LogP contribution >= 0.6 is 0 Å². The number of rotatable bonds is 2. The first kappa shape index (κ1) is 13.4. The highest BCUT2D eigenvalue weighted by atomic mass is 16.3. The second-order valence-electron chi connectivity index (χ2n) is 5.06. The molecule has 0 saturated heterocycles. The Hall–Kier alpha value is -2.56. The van der Waals surface area contributed by atoms with Crippen LogP contribution in [0.4, 0.5) is 5.69 Å². The van der Waals surface area contributed by atoms with E-state index in [9.17, 15) is 9.59 Å². The van der Waals surface area contributed by atoms with Crippen molar-refractivity contribution in [3.05, 3.63) is 57.9 Å². The molecule has 1 N–H and O–H groups in total. The van der Waals surface area contributed by atoms with Gasteiger partial charge in [0, 0.05) is 18.8 Å². The Morgan fingerprint density at radius 2 is 2.24 bits per heavy atom. The SMILES string of the molecule is Cc1ccc(C=CC(=O)N2CCCc3cc[nH]c(=O)c32)o1. The topological polar surface area (TPSA) is 66.3 Å². The van der Waals surface area contributed by atoms with Crippen molar-refractivity contribution in [2.45, 2.75) is 19.8 Å². The Balaban J connectivity index is 1.87. The minimum Gasteiger partial charge on any atom is -0.462 e. The zero-order valence-corrected chi connectivity index (χ0v) is 11.8. The van der Waals surface area contributed by atoms with Crippen LogP contribution < -0.4 is 10.5 Å². The van der Waals surface area contributed by atoms with Gasteiger partial charge in [-0.1, -0.05) is 0 Å². The monoisotopic (exact) mass is 284 g/mol. The summed E-state index contributed by atoms with van der Waals surface area (Å²) in [5.74, 6) is 1.21. The lowest BCUT2D eigenvalue weighted by Gasteiger charge is -2.27. The highest BCUT2D eigenvalue weighted by Crippen LogP contribution is 2.23. The number of aromatic nitrogens is 1. The number of amides is 1. The van der Waals surface area contributed by atoms with Gasteiger partial charge in [-0.05, 0) is 49.6 Å². The highest BCUT2D eigenvalue weighted by Gasteiger charge is 2.23. The van der Waals surface area contributed by atoms with E-state index in [1.807, 2.05) is 19.1 Å². The molecule has 21 heavy (non-hydrogen) atoms. The summed E-state index contributed by atoms with van der Waals surface area (Å²) in [6, 6.07) is 5.50. The number of carbonyl (C=O) groups is 1. The lowest BCUT2D eigenvalue weighted by atomic mass is 10.0. The molecule has 0 radical (unpaired) electrons. The lowest BCUT2D eigenvalue weighted by molar-refractivity contribution is -0.114. The number of pyridine rings is 1. The Morgan fingerprint density at radius 1 is 1.38 bits per heavy atom. The predicted molar refractivity (Wildman–Crippen MR) is 80.2 cm³/mol. The normalized spacial score (nSPS) is 14.4. The third-order valence-corrected chi connectivity index (χ3v) is 3.53. The van der Waals surface area contributed by atoms with Crippen molar-refractivity contribution in [3.63, 3.8) is 0 Å². The van der Waals surface area contributed by atoms with Gasteiger partial charge in [0.05, 0.1) is 0 Å². The number of hydrogen-bond acceptors (Lipinski definition) is 3. The van der Waals surface area contributed by atoms with Gasteiger partial charge in [-0.2, -0.15) is 0 Å². The first-order valence-electron chi connectivity index (χ1n) is 6.92. The fourth-order valence-corrected chi connectivity index (χ4v) is 2.55. The zero-order valence-electron chi connectivity index (χ0n) is 11.8. The summed E-state index contributed by atoms with van der Waals surface area (Å²) in [6.07, 6.45) is 6.37. The molecule has 3 rings (SSSR count). The third-order valence-electron chi connectivity index (χ3n) is 3.53. The molecule has 1 aliphatic rings. The number of furan rings is 1. The second kappa shape index (κ2) is 5.44. The molecule has 1 amide bonds. The first-order valence-corrected chi connectivity index (χ1v) is 6.92. The number of fused-ring (bicyclic) bond motifs is 1. The fourth-order valence-electron chi connectivity index (χ4n) is 2.55. The van der Waals surface area contributed by atoms with Gasteiger partial charge in [0.1, 0.15) is 17.2 Å². The molecule has 0 spiro atoms. The first-order chi connectivity index (χ1) is 10.1. The van der Waals surface area contributed by atoms with Crippen LogP contribution in [-0.4, -0.2) is 17.4 Å². The van der Waals surface area contributed by atoms with Crippen LogP contribution in [0.5, 0.6) is 0 Å². The fraction of sp³-hybridized carbons (Fsp3) is 0.250. The van der Waals surface area contributed by atoms with Crippen molar-refractivity contribution in [2.75, 3.05) is 11.4 Å². The Kier molecular flexibility index (Phi) is 3.48. The lowest BCUT2D eigenvalue weighted by Crippen LogP contribution is -2.38. The van der Waals surface area contributed by atoms with E-state index in [1.165, 1.54) is 11.0 Å². The molecule has 5 nitrogen and oxygen atoms in total. The summed E-state index contributed by atoms with van der Waals surface area (Å²) in [5, 5.41) is 0. The van der Waals surface area contributed by atoms with Gasteiger partial charge in [0.25, 0.3) is 11.5 Å². The van der Waals surface area contributed by atoms with E-state index in [0.29, 0.717) is 18.0 Å². The highest BCUT2D eigenvalue weighted by molar-refractivity contribution is 6.04. The summed E-state index contributed by atoms with van der Waals surface area (Å²) in [4.78, 5) is 28.5. The molecule has 2 aromatic rings. The smallest absolute Gasteiger partial charge is 0.272 e. The molecular weight excluding hydrogens is 268 g/mol. The average molecular weight is 284 g/mol. The number of carbonyl (C=O) groups excluding carboxylic acids is 1. The standard InChI is InChI=1S/C16H16N2O3/c1-11-4-5-13(21-11)6-7-14(19)18-10-2-3-12-8-9-17-16(20)15(12)18/h4-9H,2-3,10H2,1H3,(H,17,20). The van der Waals surface area contributed by atoms with E-state index in [2.05, 4.69) is 4.98 Å². The predicted octanol–water partition coefficient (Wildman–Crippen LogP) is 2.27. The summed E-state index contributed by atoms with van der Waals surface area (Å²) in [7, 11) is 0. The van der Waals surface area contributed by atoms with Gasteiger partial charge in [0.15, 0.2) is 0 Å². The van der Waals surface area contributed by atoms with Crippen LogP contribution in [-0.2, 0) is 11.2 Å². The molecule has 2 aromatic heterocycles. The summed E-state index contributed by atoms with van der Waals surface area (Å²) >= 11 is 0. The maximum atomic E-state index is 12.3. The van der Waals surface area contributed by atoms with Gasteiger partial charge < -0.3 is 14.3 Å². The van der Waals surface area contributed by atoms with Gasteiger partial charge in [0.2, 0.25) is 0 Å². The summed E-state index contributed by atoms with van der Waals surface area (Å²) in [6.45, 7) is 2.40. The molecule has 3 heterocycles. The molecule has 0 saturated carbocycles. The van der Waals surface area contributed by atoms with Gasteiger partial charge in [-0.25, -0.2) is 0 Å². The molecule has 0 atom stereocenters. The van der Waals surface area contributed by atoms with Crippen LogP contribution in [0.3, 0.4) is 0 Å². The Labute approximate surface area is 121 Å². The molecule has 5 heteroatoms. The third kappa shape index (κ3) is 2.67. The molecule has 0 fully saturated rings. The van der Waals surface area contributed by atoms with Gasteiger partial charge in [-0.3, -0.25) is 9.59 Å². The maximum Gasteiger partial charge on any atom is 0.272 e. The van der Waals surface area contributed by atoms with E-state index in [-0.39, 0.29) is 11.5 Å². The van der Waals surface area contributed by atoms with Crippen LogP contribution in [0, 0.1) is 6.92 Å². The van der Waals surface area contributed by atoms with E-state index in [0.717, 1.165) is 24.2 Å². The quantitative estimate of drug-likeness (QED) is 0.860. The van der Waals surface area contributed by atoms with E-state index in [1.54, 1.807) is 18.3 Å². The minimum absolute atomic E-state index is 0.207. The number of nitrogens with one attached hydrogen (secondary N) is 1. The number of hydrogen-bond donors (Lipinski definition) is 1. The van der Waals surface area contributed by atoms with E-state index < -0.39 is 0 Å². The molecule has 108 valence electrons. The second-order valence-corrected chi connectivity index (χ2v) is 5.06. The molecular formula is C16H16N2O3. The number of aryl methyl sites for hydroxylation is 2. The minimum atomic E-state index is -0.220. The van der Waals surface area contributed by atoms with Crippen LogP contribution in [0.1, 0.15) is 23.5 Å². The van der Waals surface area contributed by atoms with Crippen molar-refractivity contribution in [3.8, 4) is 0 Å². The Morgan fingerprint density at radius 3 is 3.00 bits per heavy atom. The molecule has 0 aliphatic carbocycles. The van der Waals surface area contributed by atoms with E-state index in [4.69, 9.17) is 4.42 Å². The largest absolute Gasteiger partial charge is 0.462 e. The summed E-state index contributed by atoms with van der Waals surface area (Å²) in [5.41, 5.74) is 1.16. The number of anilines is 1. The maximum absolute atomic E-state index is 12.3. The summed E-state index contributed by atoms with van der Waals surface area (Å²) < 4.78 is 5.39. The van der Waals surface area contributed by atoms with Gasteiger partial charge in [-0.15, -0.1) is 0 Å². The Bertz CT molecular complexity index is 755. The van der Waals surface area contributed by atoms with Gasteiger partial charge >= 0.3 is 0 Å². The molecule has 0 aromatic carbocycles. The number of nitrogens with zero attached hydrogens (tertiary/aromatic N) is 1. The van der Waals surface area contributed by atoms with Crippen molar-refractivity contribution in [1.82, 2.24) is 4.98 Å². The molecule has 1 aliphatic heterocycles. The van der Waals surface area contributed by atoms with Crippen LogP contribution in [0.15, 0.2) is 39.7 Å². The number of aromatic amines is 1. The molecule has 0 bridgehead atoms. The van der Waals surface area contributed by atoms with Crippen molar-refractivity contribution < 1.29 is 9.21 Å². The van der Waals surface area contributed by atoms with Crippen LogP contribution in [0.2, 0.25) is 0 Å². The average Bonchev–Trinajstić information content (AvgIpc) is 2.90. The van der Waals surface area contributed by atoms with Crippen molar-refractivity contribution in [2.24, 2.45) is 0 Å². The van der Waals surface area contributed by atoms with Crippen LogP contribution in [0.25, 0.3) is 6.08 Å². The number of H-pyrrole nitrogens is 1. The zero-order chi connectivity index (χ0) is 14.8. The van der Waals surface area contributed by atoms with E-state index >= 15 is 0 Å².